The Balaban J connectivity index is 1.49. The molecule has 0 unspecified atom stereocenters. The van der Waals surface area contributed by atoms with Crippen molar-refractivity contribution in [1.82, 2.24) is 4.90 Å². The minimum absolute atomic E-state index is 0.0409. The Kier molecular flexibility index (Phi) is 7.06. The van der Waals surface area contributed by atoms with Crippen LogP contribution in [0.5, 0.6) is 5.75 Å². The molecule has 1 saturated heterocycles. The Morgan fingerprint density at radius 1 is 1.00 bits per heavy atom. The van der Waals surface area contributed by atoms with Crippen LogP contribution in [-0.2, 0) is 11.2 Å². The smallest absolute Gasteiger partial charge is 0.340 e. The largest absolute Gasteiger partial charge is 0.489 e. The minimum Gasteiger partial charge on any atom is -0.489 e. The summed E-state index contributed by atoms with van der Waals surface area (Å²) in [6.45, 7) is 11.1. The summed E-state index contributed by atoms with van der Waals surface area (Å²) in [6.07, 6.45) is 2.05. The molecule has 0 bridgehead atoms. The van der Waals surface area contributed by atoms with Gasteiger partial charge in [-0.15, -0.1) is 0 Å². The Morgan fingerprint density at radius 2 is 1.71 bits per heavy atom. The maximum absolute atomic E-state index is 13.0. The van der Waals surface area contributed by atoms with Gasteiger partial charge in [-0.05, 0) is 63.6 Å². The Labute approximate surface area is 200 Å². The maximum Gasteiger partial charge on any atom is 0.340 e. The zero-order chi connectivity index (χ0) is 24.2. The lowest BCUT2D eigenvalue weighted by Gasteiger charge is -2.36. The number of carbonyl (C=O) groups excluding carboxylic acids is 1. The molecular weight excluding hydrogens is 428 g/mol. The second kappa shape index (κ2) is 10.2. The Morgan fingerprint density at radius 3 is 2.38 bits per heavy atom. The maximum atomic E-state index is 13.0. The van der Waals surface area contributed by atoms with E-state index >= 15 is 0 Å². The third-order valence-corrected chi connectivity index (χ3v) is 6.47. The predicted molar refractivity (Wildman–Crippen MR) is 136 cm³/mol. The van der Waals surface area contributed by atoms with Crippen LogP contribution in [0.15, 0.2) is 63.3 Å². The van der Waals surface area contributed by atoms with Crippen molar-refractivity contribution in [1.29, 1.82) is 0 Å². The summed E-state index contributed by atoms with van der Waals surface area (Å²) in [6, 6.07) is 14.0. The average Bonchev–Trinajstić information content (AvgIpc) is 2.84. The fourth-order valence-electron chi connectivity index (χ4n) is 4.35. The number of carbonyl (C=O) groups is 1. The summed E-state index contributed by atoms with van der Waals surface area (Å²) in [7, 11) is 0. The molecule has 178 valence electrons. The van der Waals surface area contributed by atoms with E-state index in [2.05, 4.69) is 17.0 Å². The molecule has 3 aromatic rings. The van der Waals surface area contributed by atoms with Gasteiger partial charge in [-0.2, -0.15) is 0 Å². The first-order valence-corrected chi connectivity index (χ1v) is 11.7. The molecule has 1 amide bonds. The van der Waals surface area contributed by atoms with Gasteiger partial charge in [-0.25, -0.2) is 4.79 Å². The van der Waals surface area contributed by atoms with Crippen LogP contribution in [0.4, 0.5) is 5.69 Å². The summed E-state index contributed by atoms with van der Waals surface area (Å²) in [4.78, 5) is 30.0. The topological polar surface area (TPSA) is 63.0 Å². The van der Waals surface area contributed by atoms with Crippen LogP contribution in [0.1, 0.15) is 30.5 Å². The lowest BCUT2D eigenvalue weighted by atomic mass is 10.0. The monoisotopic (exact) mass is 460 g/mol. The SMILES string of the molecule is CC(C)=CCOc1ccc2c(C)c(CC(=O)N3CCN(c4ccccc4)CC3)c(=O)oc2c1C. The van der Waals surface area contributed by atoms with Crippen LogP contribution in [0.2, 0.25) is 0 Å². The number of allylic oxidation sites excluding steroid dienone is 1. The molecule has 34 heavy (non-hydrogen) atoms. The lowest BCUT2D eigenvalue weighted by molar-refractivity contribution is -0.130. The van der Waals surface area contributed by atoms with E-state index in [1.165, 1.54) is 11.3 Å². The van der Waals surface area contributed by atoms with E-state index in [1.807, 2.05) is 69.0 Å². The molecule has 2 heterocycles. The van der Waals surface area contributed by atoms with Crippen LogP contribution in [0.3, 0.4) is 0 Å². The van der Waals surface area contributed by atoms with Crippen LogP contribution in [0, 0.1) is 13.8 Å². The molecule has 2 aromatic carbocycles. The van der Waals surface area contributed by atoms with Gasteiger partial charge in [-0.1, -0.05) is 23.8 Å². The van der Waals surface area contributed by atoms with Gasteiger partial charge < -0.3 is 19.0 Å². The fraction of sp³-hybridized carbons (Fsp3) is 0.357. The van der Waals surface area contributed by atoms with Gasteiger partial charge in [-0.3, -0.25) is 4.79 Å². The minimum atomic E-state index is -0.453. The molecule has 4 rings (SSSR count). The normalized spacial score (nSPS) is 13.8. The van der Waals surface area contributed by atoms with E-state index in [1.54, 1.807) is 0 Å². The first kappa shape index (κ1) is 23.6. The first-order valence-electron chi connectivity index (χ1n) is 11.7. The van der Waals surface area contributed by atoms with Crippen molar-refractivity contribution < 1.29 is 13.9 Å². The second-order valence-corrected chi connectivity index (χ2v) is 9.03. The van der Waals surface area contributed by atoms with E-state index in [0.29, 0.717) is 36.6 Å². The standard InChI is InChI=1S/C28H32N2O4/c1-19(2)12-17-33-25-11-10-23-20(3)24(28(32)34-27(23)21(25)4)18-26(31)30-15-13-29(14-16-30)22-8-6-5-7-9-22/h5-12H,13-18H2,1-4H3. The third-order valence-electron chi connectivity index (χ3n) is 6.47. The summed E-state index contributed by atoms with van der Waals surface area (Å²) < 4.78 is 11.6. The van der Waals surface area contributed by atoms with Crippen molar-refractivity contribution in [3.05, 3.63) is 81.2 Å². The number of nitrogens with zero attached hydrogens (tertiary/aromatic N) is 2. The molecule has 1 aliphatic heterocycles. The molecule has 1 aliphatic rings. The molecular formula is C28H32N2O4. The molecule has 0 saturated carbocycles. The third kappa shape index (κ3) is 5.01. The first-order chi connectivity index (χ1) is 16.3. The van der Waals surface area contributed by atoms with Gasteiger partial charge in [0.05, 0.1) is 12.0 Å². The van der Waals surface area contributed by atoms with Gasteiger partial charge in [0, 0.05) is 42.8 Å². The van der Waals surface area contributed by atoms with Gasteiger partial charge >= 0.3 is 5.63 Å². The number of rotatable bonds is 6. The molecule has 0 spiro atoms. The second-order valence-electron chi connectivity index (χ2n) is 9.03. The number of hydrogen-bond donors (Lipinski definition) is 0. The summed E-state index contributed by atoms with van der Waals surface area (Å²) >= 11 is 0. The Hall–Kier alpha value is -3.54. The summed E-state index contributed by atoms with van der Waals surface area (Å²) in [5.74, 6) is 0.647. The molecule has 0 aliphatic carbocycles. The van der Waals surface area contributed by atoms with E-state index in [4.69, 9.17) is 9.15 Å². The zero-order valence-corrected chi connectivity index (χ0v) is 20.4. The number of ether oxygens (including phenoxy) is 1. The van der Waals surface area contributed by atoms with Crippen LogP contribution < -0.4 is 15.3 Å². The van der Waals surface area contributed by atoms with E-state index in [0.717, 1.165) is 29.6 Å². The van der Waals surface area contributed by atoms with Crippen molar-refractivity contribution in [2.45, 2.75) is 34.1 Å². The van der Waals surface area contributed by atoms with Crippen LogP contribution in [-0.4, -0.2) is 43.6 Å². The molecule has 1 fully saturated rings. The zero-order valence-electron chi connectivity index (χ0n) is 20.4. The highest BCUT2D eigenvalue weighted by atomic mass is 16.5. The predicted octanol–water partition coefficient (Wildman–Crippen LogP) is 4.65. The van der Waals surface area contributed by atoms with Gasteiger partial charge in [0.15, 0.2) is 0 Å². The number of fused-ring (bicyclic) bond motifs is 1. The molecule has 0 atom stereocenters. The van der Waals surface area contributed by atoms with E-state index in [9.17, 15) is 9.59 Å². The van der Waals surface area contributed by atoms with Gasteiger partial charge in [0.2, 0.25) is 5.91 Å². The number of piperazine rings is 1. The van der Waals surface area contributed by atoms with Crippen molar-refractivity contribution in [3.63, 3.8) is 0 Å². The summed E-state index contributed by atoms with van der Waals surface area (Å²) in [5.41, 5.74) is 4.42. The molecule has 1 aromatic heterocycles. The highest BCUT2D eigenvalue weighted by Gasteiger charge is 2.24. The van der Waals surface area contributed by atoms with Gasteiger partial charge in [0.25, 0.3) is 0 Å². The molecule has 6 nitrogen and oxygen atoms in total. The van der Waals surface area contributed by atoms with Crippen LogP contribution >= 0.6 is 0 Å². The van der Waals surface area contributed by atoms with Crippen molar-refractivity contribution in [2.75, 3.05) is 37.7 Å². The van der Waals surface area contributed by atoms with Crippen LogP contribution in [0.25, 0.3) is 11.0 Å². The van der Waals surface area contributed by atoms with E-state index in [-0.39, 0.29) is 12.3 Å². The number of amides is 1. The lowest BCUT2D eigenvalue weighted by Crippen LogP contribution is -2.49. The van der Waals surface area contributed by atoms with Gasteiger partial charge in [0.1, 0.15) is 17.9 Å². The van der Waals surface area contributed by atoms with Crippen molar-refractivity contribution in [2.24, 2.45) is 0 Å². The molecule has 0 radical (unpaired) electrons. The average molecular weight is 461 g/mol. The number of benzene rings is 2. The number of hydrogen-bond acceptors (Lipinski definition) is 5. The van der Waals surface area contributed by atoms with E-state index < -0.39 is 5.63 Å². The highest BCUT2D eigenvalue weighted by molar-refractivity contribution is 5.87. The number of para-hydroxylation sites is 1. The quantitative estimate of drug-likeness (QED) is 0.396. The summed E-state index contributed by atoms with van der Waals surface area (Å²) in [5, 5.41) is 0.836. The van der Waals surface area contributed by atoms with Crippen molar-refractivity contribution in [3.8, 4) is 5.75 Å². The highest BCUT2D eigenvalue weighted by Crippen LogP contribution is 2.30. The Bertz CT molecular complexity index is 1270. The van der Waals surface area contributed by atoms with Crippen molar-refractivity contribution >= 4 is 22.6 Å². The number of anilines is 1. The molecule has 6 heteroatoms. The fourth-order valence-corrected chi connectivity index (χ4v) is 4.35. The number of aryl methyl sites for hydroxylation is 2. The molecule has 0 N–H and O–H groups in total.